The quantitative estimate of drug-likeness (QED) is 0.0818. The smallest absolute Gasteiger partial charge is 0.168 e. The van der Waals surface area contributed by atoms with Gasteiger partial charge >= 0.3 is 0 Å². The molecule has 5 heteroatoms. The van der Waals surface area contributed by atoms with Crippen molar-refractivity contribution in [1.29, 1.82) is 0 Å². The van der Waals surface area contributed by atoms with Gasteiger partial charge in [-0.05, 0) is 51.7 Å². The van der Waals surface area contributed by atoms with Gasteiger partial charge in [0.2, 0.25) is 0 Å². The van der Waals surface area contributed by atoms with Crippen molar-refractivity contribution in [3.63, 3.8) is 0 Å². The molecule has 0 saturated carbocycles. The van der Waals surface area contributed by atoms with E-state index in [9.17, 15) is 0 Å². The van der Waals surface area contributed by atoms with Crippen LogP contribution in [-0.2, 0) is 0 Å². The minimum Gasteiger partial charge on any atom is -0.493 e. The molecule has 0 aliphatic rings. The molecule has 0 aliphatic carbocycles. The number of ether oxygens (including phenoxy) is 2. The Labute approximate surface area is 300 Å². The van der Waals surface area contributed by atoms with Crippen LogP contribution >= 0.6 is 0 Å². The fourth-order valence-corrected chi connectivity index (χ4v) is 6.77. The van der Waals surface area contributed by atoms with E-state index in [0.29, 0.717) is 30.7 Å². The highest BCUT2D eigenvalue weighted by Gasteiger charge is 2.22. The molecule has 5 rings (SSSR count). The number of aromatic nitrogens is 3. The Morgan fingerprint density at radius 3 is 1.44 bits per heavy atom. The molecule has 0 amide bonds. The Hall–Kier alpha value is -4.25. The number of unbranched alkanes of at least 4 members (excludes halogenated alkanes) is 10. The molecule has 0 bridgehead atoms. The van der Waals surface area contributed by atoms with Crippen LogP contribution in [0, 0.1) is 27.7 Å². The number of hydrogen-bond acceptors (Lipinski definition) is 5. The molecule has 0 N–H and O–H groups in total. The van der Waals surface area contributed by atoms with Gasteiger partial charge in [0, 0.05) is 28.0 Å². The Balaban J connectivity index is 1.61. The average molecular weight is 672 g/mol. The van der Waals surface area contributed by atoms with E-state index < -0.39 is 0 Å². The van der Waals surface area contributed by atoms with Crippen molar-refractivity contribution in [2.24, 2.45) is 0 Å². The molecule has 4 aromatic carbocycles. The van der Waals surface area contributed by atoms with Gasteiger partial charge in [0.05, 0.1) is 18.8 Å². The van der Waals surface area contributed by atoms with E-state index in [1.165, 1.54) is 68.9 Å². The van der Waals surface area contributed by atoms with Gasteiger partial charge in [-0.15, -0.1) is 0 Å². The lowest BCUT2D eigenvalue weighted by molar-refractivity contribution is 0.293. The van der Waals surface area contributed by atoms with Gasteiger partial charge in [-0.1, -0.05) is 150 Å². The van der Waals surface area contributed by atoms with Crippen LogP contribution in [0.4, 0.5) is 0 Å². The van der Waals surface area contributed by atoms with Crippen LogP contribution in [-0.4, -0.2) is 28.2 Å². The Kier molecular flexibility index (Phi) is 13.8. The summed E-state index contributed by atoms with van der Waals surface area (Å²) in [6.45, 7) is 14.3. The van der Waals surface area contributed by atoms with Crippen molar-refractivity contribution in [2.75, 3.05) is 13.2 Å². The van der Waals surface area contributed by atoms with Gasteiger partial charge in [-0.25, -0.2) is 15.0 Å². The first-order valence-electron chi connectivity index (χ1n) is 19.1. The topological polar surface area (TPSA) is 57.1 Å². The molecular formula is C45H57N3O2. The maximum Gasteiger partial charge on any atom is 0.168 e. The molecule has 0 saturated heterocycles. The van der Waals surface area contributed by atoms with Crippen LogP contribution in [0.3, 0.4) is 0 Å². The molecule has 5 nitrogen and oxygen atoms in total. The van der Waals surface area contributed by atoms with Gasteiger partial charge in [0.15, 0.2) is 17.5 Å². The molecule has 5 aromatic rings. The summed E-state index contributed by atoms with van der Waals surface area (Å²) in [7, 11) is 0. The molecule has 264 valence electrons. The number of hydrogen-bond donors (Lipinski definition) is 0. The summed E-state index contributed by atoms with van der Waals surface area (Å²) in [5, 5.41) is 2.07. The number of nitrogens with zero attached hydrogens (tertiary/aromatic N) is 3. The van der Waals surface area contributed by atoms with Gasteiger partial charge in [0.25, 0.3) is 0 Å². The molecule has 0 radical (unpaired) electrons. The van der Waals surface area contributed by atoms with E-state index in [0.717, 1.165) is 69.4 Å². The first kappa shape index (κ1) is 37.0. The molecule has 50 heavy (non-hydrogen) atoms. The van der Waals surface area contributed by atoms with Crippen LogP contribution in [0.25, 0.3) is 44.9 Å². The third-order valence-corrected chi connectivity index (χ3v) is 9.59. The SMILES string of the molecule is CCCCCCCCOc1cc(OCCCCCCCC)c2ccccc2c1-c1nc(-c2ccc(C)cc2C)nc(-c2ccc(C)cc2C)n1. The van der Waals surface area contributed by atoms with E-state index in [1.54, 1.807) is 0 Å². The normalized spacial score (nSPS) is 11.3. The summed E-state index contributed by atoms with van der Waals surface area (Å²) in [5.74, 6) is 3.56. The summed E-state index contributed by atoms with van der Waals surface area (Å²) in [5.41, 5.74) is 7.59. The second-order valence-electron chi connectivity index (χ2n) is 14.0. The Morgan fingerprint density at radius 1 is 0.460 bits per heavy atom. The predicted molar refractivity (Wildman–Crippen MR) is 210 cm³/mol. The van der Waals surface area contributed by atoms with E-state index in [1.807, 2.05) is 0 Å². The fourth-order valence-electron chi connectivity index (χ4n) is 6.77. The monoisotopic (exact) mass is 671 g/mol. The van der Waals surface area contributed by atoms with Crippen molar-refractivity contribution >= 4 is 10.8 Å². The highest BCUT2D eigenvalue weighted by atomic mass is 16.5. The summed E-state index contributed by atoms with van der Waals surface area (Å²) in [6.07, 6.45) is 14.6. The predicted octanol–water partition coefficient (Wildman–Crippen LogP) is 12.7. The lowest BCUT2D eigenvalue weighted by Gasteiger charge is -2.19. The highest BCUT2D eigenvalue weighted by molar-refractivity contribution is 6.02. The van der Waals surface area contributed by atoms with Crippen LogP contribution < -0.4 is 9.47 Å². The molecule has 0 unspecified atom stereocenters. The van der Waals surface area contributed by atoms with Crippen molar-refractivity contribution in [3.8, 4) is 45.7 Å². The van der Waals surface area contributed by atoms with E-state index >= 15 is 0 Å². The summed E-state index contributed by atoms with van der Waals surface area (Å²) >= 11 is 0. The van der Waals surface area contributed by atoms with Crippen LogP contribution in [0.2, 0.25) is 0 Å². The second-order valence-corrected chi connectivity index (χ2v) is 14.0. The largest absolute Gasteiger partial charge is 0.493 e. The second kappa shape index (κ2) is 18.7. The van der Waals surface area contributed by atoms with E-state index in [4.69, 9.17) is 24.4 Å². The van der Waals surface area contributed by atoms with Gasteiger partial charge in [-0.3, -0.25) is 0 Å². The van der Waals surface area contributed by atoms with Gasteiger partial charge < -0.3 is 9.47 Å². The number of aryl methyl sites for hydroxylation is 4. The lowest BCUT2D eigenvalue weighted by atomic mass is 10.0. The number of benzene rings is 4. The zero-order valence-electron chi connectivity index (χ0n) is 31.4. The summed E-state index contributed by atoms with van der Waals surface area (Å²) in [4.78, 5) is 15.6. The highest BCUT2D eigenvalue weighted by Crippen LogP contribution is 2.42. The van der Waals surface area contributed by atoms with Crippen LogP contribution in [0.15, 0.2) is 66.7 Å². The zero-order chi connectivity index (χ0) is 35.3. The Morgan fingerprint density at radius 2 is 0.920 bits per heavy atom. The van der Waals surface area contributed by atoms with Crippen molar-refractivity contribution < 1.29 is 9.47 Å². The number of fused-ring (bicyclic) bond motifs is 1. The van der Waals surface area contributed by atoms with Crippen LogP contribution in [0.5, 0.6) is 11.5 Å². The van der Waals surface area contributed by atoms with Gasteiger partial charge in [-0.2, -0.15) is 0 Å². The number of rotatable bonds is 19. The van der Waals surface area contributed by atoms with E-state index in [-0.39, 0.29) is 0 Å². The summed E-state index contributed by atoms with van der Waals surface area (Å²) in [6, 6.07) is 23.4. The first-order valence-corrected chi connectivity index (χ1v) is 19.1. The molecule has 0 aliphatic heterocycles. The maximum atomic E-state index is 6.71. The standard InChI is InChI=1S/C45H57N3O2/c1-7-9-11-13-15-19-27-49-40-31-41(50-28-20-16-14-12-10-8-2)42(39-22-18-17-21-38(39)40)45-47-43(36-25-23-32(3)29-34(36)5)46-44(48-45)37-26-24-33(4)30-35(37)6/h17-18,21-26,29-31H,7-16,19-20,27-28H2,1-6H3. The fraction of sp³-hybridized carbons (Fsp3) is 0.444. The third-order valence-electron chi connectivity index (χ3n) is 9.59. The maximum absolute atomic E-state index is 6.71. The van der Waals surface area contributed by atoms with E-state index in [2.05, 4.69) is 108 Å². The third kappa shape index (κ3) is 9.71. The summed E-state index contributed by atoms with van der Waals surface area (Å²) < 4.78 is 13.2. The molecule has 1 aromatic heterocycles. The van der Waals surface area contributed by atoms with Crippen molar-refractivity contribution in [2.45, 2.75) is 119 Å². The van der Waals surface area contributed by atoms with Crippen molar-refractivity contribution in [3.05, 3.63) is 89.0 Å². The van der Waals surface area contributed by atoms with Gasteiger partial charge in [0.1, 0.15) is 11.5 Å². The average Bonchev–Trinajstić information content (AvgIpc) is 3.10. The van der Waals surface area contributed by atoms with Crippen LogP contribution in [0.1, 0.15) is 113 Å². The lowest BCUT2D eigenvalue weighted by Crippen LogP contribution is -2.06. The zero-order valence-corrected chi connectivity index (χ0v) is 31.4. The molecule has 0 atom stereocenters. The minimum atomic E-state index is 0.613. The molecule has 1 heterocycles. The minimum absolute atomic E-state index is 0.613. The Bertz CT molecular complexity index is 1780. The first-order chi connectivity index (χ1) is 24.4. The van der Waals surface area contributed by atoms with Crippen molar-refractivity contribution in [1.82, 2.24) is 15.0 Å². The molecular weight excluding hydrogens is 615 g/mol. The molecule has 0 spiro atoms. The molecule has 0 fully saturated rings.